The van der Waals surface area contributed by atoms with Crippen molar-refractivity contribution in [3.05, 3.63) is 0 Å². The van der Waals surface area contributed by atoms with E-state index in [4.69, 9.17) is 0 Å². The first kappa shape index (κ1) is 17.1. The molecule has 21 heavy (non-hydrogen) atoms. The van der Waals surface area contributed by atoms with E-state index in [0.29, 0.717) is 24.0 Å². The lowest BCUT2D eigenvalue weighted by Gasteiger charge is -2.34. The number of hydrogen-bond acceptors (Lipinski definition) is 3. The lowest BCUT2D eigenvalue weighted by atomic mass is 10.0. The van der Waals surface area contributed by atoms with Gasteiger partial charge in [-0.2, -0.15) is 11.8 Å². The molecule has 2 rings (SSSR count). The van der Waals surface area contributed by atoms with E-state index >= 15 is 0 Å². The molecule has 1 heterocycles. The van der Waals surface area contributed by atoms with Gasteiger partial charge in [0.05, 0.1) is 12.2 Å². The fraction of sp³-hybridized carbons (Fsp3) is 0.941. The summed E-state index contributed by atoms with van der Waals surface area (Å²) in [7, 11) is 0. The summed E-state index contributed by atoms with van der Waals surface area (Å²) in [6, 6.07) is 0.443. The van der Waals surface area contributed by atoms with Crippen molar-refractivity contribution < 1.29 is 4.79 Å². The smallest absolute Gasteiger partial charge is 0.241 e. The highest BCUT2D eigenvalue weighted by atomic mass is 32.2. The Hall–Kier alpha value is -0.220. The van der Waals surface area contributed by atoms with E-state index in [2.05, 4.69) is 31.0 Å². The van der Waals surface area contributed by atoms with Crippen molar-refractivity contribution in [2.45, 2.75) is 84.0 Å². The third kappa shape index (κ3) is 4.16. The second kappa shape index (κ2) is 8.42. The van der Waals surface area contributed by atoms with Crippen molar-refractivity contribution >= 4 is 17.7 Å². The van der Waals surface area contributed by atoms with Gasteiger partial charge in [-0.05, 0) is 50.0 Å². The minimum absolute atomic E-state index is 0.0712. The summed E-state index contributed by atoms with van der Waals surface area (Å²) in [4.78, 5) is 15.0. The zero-order chi connectivity index (χ0) is 15.2. The zero-order valence-corrected chi connectivity index (χ0v) is 14.8. The van der Waals surface area contributed by atoms with Crippen LogP contribution in [0.25, 0.3) is 0 Å². The second-order valence-corrected chi connectivity index (χ2v) is 7.97. The number of carbonyl (C=O) groups is 1. The topological polar surface area (TPSA) is 32.3 Å². The molecule has 1 N–H and O–H groups in total. The molecular formula is C17H32N2OS. The third-order valence-corrected chi connectivity index (χ3v) is 5.94. The molecule has 2 aliphatic rings. The molecule has 0 bridgehead atoms. The monoisotopic (exact) mass is 312 g/mol. The molecule has 0 spiro atoms. The van der Waals surface area contributed by atoms with Gasteiger partial charge in [-0.25, -0.2) is 0 Å². The first-order valence-electron chi connectivity index (χ1n) is 8.85. The van der Waals surface area contributed by atoms with Crippen LogP contribution in [-0.2, 0) is 4.79 Å². The van der Waals surface area contributed by atoms with Crippen LogP contribution < -0.4 is 5.32 Å². The van der Waals surface area contributed by atoms with Gasteiger partial charge in [0, 0.05) is 6.04 Å². The van der Waals surface area contributed by atoms with Crippen molar-refractivity contribution in [2.75, 3.05) is 11.5 Å². The number of amides is 1. The predicted octanol–water partition coefficient (Wildman–Crippen LogP) is 3.63. The minimum Gasteiger partial charge on any atom is -0.323 e. The van der Waals surface area contributed by atoms with Gasteiger partial charge in [0.2, 0.25) is 5.91 Å². The van der Waals surface area contributed by atoms with Gasteiger partial charge in [0.25, 0.3) is 0 Å². The standard InChI is InChI=1S/C17H32N2OS/c1-4-8-15-17(20)19(13(3)11-12-21-5-2)16(18-15)14-9-6-7-10-14/h13-16,18H,4-12H2,1-3H3. The molecule has 0 radical (unpaired) electrons. The van der Waals surface area contributed by atoms with E-state index < -0.39 is 0 Å². The van der Waals surface area contributed by atoms with Crippen molar-refractivity contribution in [3.8, 4) is 0 Å². The maximum absolute atomic E-state index is 12.8. The molecule has 3 nitrogen and oxygen atoms in total. The molecule has 0 aromatic carbocycles. The number of rotatable bonds is 8. The SMILES string of the molecule is CCCC1NC(C2CCCC2)N(C(C)CCSCC)C1=O. The number of thioether (sulfide) groups is 1. The van der Waals surface area contributed by atoms with E-state index in [9.17, 15) is 4.79 Å². The lowest BCUT2D eigenvalue weighted by Crippen LogP contribution is -2.47. The van der Waals surface area contributed by atoms with Crippen molar-refractivity contribution in [2.24, 2.45) is 5.92 Å². The summed E-state index contributed by atoms with van der Waals surface area (Å²) in [5, 5.41) is 3.67. The van der Waals surface area contributed by atoms with Crippen LogP contribution in [0.4, 0.5) is 0 Å². The quantitative estimate of drug-likeness (QED) is 0.695. The molecule has 1 amide bonds. The highest BCUT2D eigenvalue weighted by Gasteiger charge is 2.44. The molecule has 3 unspecified atom stereocenters. The molecular weight excluding hydrogens is 280 g/mol. The minimum atomic E-state index is 0.0712. The molecule has 4 heteroatoms. The van der Waals surface area contributed by atoms with Crippen molar-refractivity contribution in [1.82, 2.24) is 10.2 Å². The highest BCUT2D eigenvalue weighted by Crippen LogP contribution is 2.34. The summed E-state index contributed by atoms with van der Waals surface area (Å²) in [6.07, 6.45) is 8.73. The van der Waals surface area contributed by atoms with Gasteiger partial charge in [0.15, 0.2) is 0 Å². The summed E-state index contributed by atoms with van der Waals surface area (Å²) >= 11 is 1.98. The third-order valence-electron chi connectivity index (χ3n) is 5.01. The predicted molar refractivity (Wildman–Crippen MR) is 91.5 cm³/mol. The second-order valence-electron chi connectivity index (χ2n) is 6.58. The van der Waals surface area contributed by atoms with Crippen LogP contribution in [0.15, 0.2) is 0 Å². The van der Waals surface area contributed by atoms with E-state index in [1.54, 1.807) is 0 Å². The van der Waals surface area contributed by atoms with Crippen LogP contribution in [0.5, 0.6) is 0 Å². The zero-order valence-electron chi connectivity index (χ0n) is 13.9. The number of hydrogen-bond donors (Lipinski definition) is 1. The van der Waals surface area contributed by atoms with E-state index in [1.807, 2.05) is 11.8 Å². The normalized spacial score (nSPS) is 28.5. The van der Waals surface area contributed by atoms with Gasteiger partial charge in [-0.1, -0.05) is 33.1 Å². The first-order chi connectivity index (χ1) is 10.2. The molecule has 1 saturated heterocycles. The van der Waals surface area contributed by atoms with Gasteiger partial charge in [-0.3, -0.25) is 10.1 Å². The van der Waals surface area contributed by atoms with Crippen LogP contribution in [0, 0.1) is 5.92 Å². The summed E-state index contributed by atoms with van der Waals surface area (Å²) in [5.74, 6) is 3.38. The molecule has 122 valence electrons. The highest BCUT2D eigenvalue weighted by molar-refractivity contribution is 7.99. The average molecular weight is 313 g/mol. The van der Waals surface area contributed by atoms with E-state index in [-0.39, 0.29) is 6.04 Å². The maximum atomic E-state index is 12.8. The van der Waals surface area contributed by atoms with E-state index in [1.165, 1.54) is 31.4 Å². The lowest BCUT2D eigenvalue weighted by molar-refractivity contribution is -0.132. The Morgan fingerprint density at radius 2 is 2.05 bits per heavy atom. The Bertz CT molecular complexity index is 331. The molecule has 1 aliphatic heterocycles. The number of nitrogens with zero attached hydrogens (tertiary/aromatic N) is 1. The van der Waals surface area contributed by atoms with Crippen LogP contribution in [0.1, 0.15) is 65.7 Å². The Labute approximate surface area is 134 Å². The molecule has 2 fully saturated rings. The average Bonchev–Trinajstić information content (AvgIpc) is 3.08. The van der Waals surface area contributed by atoms with Crippen LogP contribution >= 0.6 is 11.8 Å². The van der Waals surface area contributed by atoms with Gasteiger partial charge < -0.3 is 4.90 Å². The van der Waals surface area contributed by atoms with E-state index in [0.717, 1.165) is 25.0 Å². The fourth-order valence-corrected chi connectivity index (χ4v) is 4.63. The number of nitrogens with one attached hydrogen (secondary N) is 1. The molecule has 1 saturated carbocycles. The summed E-state index contributed by atoms with van der Waals surface area (Å²) in [5.41, 5.74) is 0. The summed E-state index contributed by atoms with van der Waals surface area (Å²) in [6.45, 7) is 6.62. The van der Waals surface area contributed by atoms with Gasteiger partial charge in [0.1, 0.15) is 0 Å². The largest absolute Gasteiger partial charge is 0.323 e. The van der Waals surface area contributed by atoms with Crippen LogP contribution in [-0.4, -0.2) is 40.6 Å². The number of carbonyl (C=O) groups excluding carboxylic acids is 1. The Balaban J connectivity index is 2.02. The first-order valence-corrected chi connectivity index (χ1v) is 10.0. The van der Waals surface area contributed by atoms with Crippen molar-refractivity contribution in [1.29, 1.82) is 0 Å². The van der Waals surface area contributed by atoms with Gasteiger partial charge in [-0.15, -0.1) is 0 Å². The molecule has 1 aliphatic carbocycles. The Morgan fingerprint density at radius 3 is 2.67 bits per heavy atom. The molecule has 3 atom stereocenters. The van der Waals surface area contributed by atoms with Crippen LogP contribution in [0.2, 0.25) is 0 Å². The fourth-order valence-electron chi connectivity index (χ4n) is 3.84. The Kier molecular flexibility index (Phi) is 6.87. The van der Waals surface area contributed by atoms with Crippen LogP contribution in [0.3, 0.4) is 0 Å². The van der Waals surface area contributed by atoms with Gasteiger partial charge >= 0.3 is 0 Å². The van der Waals surface area contributed by atoms with Crippen molar-refractivity contribution in [3.63, 3.8) is 0 Å². The molecule has 0 aromatic rings. The molecule has 0 aromatic heterocycles. The Morgan fingerprint density at radius 1 is 1.33 bits per heavy atom. The summed E-state index contributed by atoms with van der Waals surface area (Å²) < 4.78 is 0. The maximum Gasteiger partial charge on any atom is 0.241 e.